The second-order valence-corrected chi connectivity index (χ2v) is 15.9. The number of nitrogens with zero attached hydrogens (tertiary/aromatic N) is 1. The summed E-state index contributed by atoms with van der Waals surface area (Å²) in [5.74, 6) is 0. The fourth-order valence-electron chi connectivity index (χ4n) is 4.69. The molecule has 3 nitrogen and oxygen atoms in total. The van der Waals surface area contributed by atoms with Gasteiger partial charge in [-0.05, 0) is 72.5 Å². The van der Waals surface area contributed by atoms with Crippen LogP contribution in [0, 0.1) is 0 Å². The Kier molecular flexibility index (Phi) is 5.82. The normalized spacial score (nSPS) is 20.3. The second kappa shape index (κ2) is 6.84. The summed E-state index contributed by atoms with van der Waals surface area (Å²) in [4.78, 5) is 0. The molecule has 0 unspecified atom stereocenters. The van der Waals surface area contributed by atoms with Gasteiger partial charge in [0, 0.05) is 5.46 Å². The van der Waals surface area contributed by atoms with Gasteiger partial charge in [0.15, 0.2) is 8.24 Å². The number of halogens is 1. The zero-order valence-electron chi connectivity index (χ0n) is 17.6. The molecule has 0 atom stereocenters. The standard InChI is InChI=1S/C19H35BBrNO2Si/c1-13(2)25(14(3)4,15(5)6)22-12-16(11-17(22)21)20-23-18(7,8)19(9,10)24-20/h11-15H,1-10H3. The number of hydrogen-bond donors (Lipinski definition) is 0. The predicted molar refractivity (Wildman–Crippen MR) is 114 cm³/mol. The van der Waals surface area contributed by atoms with Gasteiger partial charge in [-0.3, -0.25) is 0 Å². The molecule has 0 radical (unpaired) electrons. The van der Waals surface area contributed by atoms with Crippen molar-refractivity contribution in [3.05, 3.63) is 16.9 Å². The molecular weight excluding hydrogens is 393 g/mol. The largest absolute Gasteiger partial charge is 0.496 e. The fourth-order valence-corrected chi connectivity index (χ4v) is 12.5. The van der Waals surface area contributed by atoms with Crippen molar-refractivity contribution < 1.29 is 9.31 Å². The molecule has 1 saturated heterocycles. The van der Waals surface area contributed by atoms with Crippen LogP contribution < -0.4 is 5.46 Å². The van der Waals surface area contributed by atoms with Crippen LogP contribution in [0.15, 0.2) is 16.9 Å². The molecule has 6 heteroatoms. The van der Waals surface area contributed by atoms with Crippen LogP contribution in [0.1, 0.15) is 69.2 Å². The van der Waals surface area contributed by atoms with Gasteiger partial charge in [-0.2, -0.15) is 0 Å². The monoisotopic (exact) mass is 427 g/mol. The summed E-state index contributed by atoms with van der Waals surface area (Å²) in [6.45, 7) is 22.7. The first kappa shape index (κ1) is 21.3. The van der Waals surface area contributed by atoms with Crippen LogP contribution in [-0.2, 0) is 9.31 Å². The van der Waals surface area contributed by atoms with Crippen molar-refractivity contribution in [3.8, 4) is 0 Å². The molecule has 0 amide bonds. The summed E-state index contributed by atoms with van der Waals surface area (Å²) >= 11 is 3.85. The Labute approximate surface area is 164 Å². The van der Waals surface area contributed by atoms with E-state index in [0.29, 0.717) is 16.6 Å². The Balaban J connectivity index is 2.50. The van der Waals surface area contributed by atoms with E-state index < -0.39 is 8.24 Å². The highest BCUT2D eigenvalue weighted by atomic mass is 79.9. The van der Waals surface area contributed by atoms with Crippen molar-refractivity contribution >= 4 is 36.7 Å². The van der Waals surface area contributed by atoms with Gasteiger partial charge in [0.2, 0.25) is 0 Å². The van der Waals surface area contributed by atoms with Crippen LogP contribution in [0.3, 0.4) is 0 Å². The maximum atomic E-state index is 6.27. The van der Waals surface area contributed by atoms with Crippen LogP contribution in [0.2, 0.25) is 16.6 Å². The SMILES string of the molecule is CC(C)[Si](C(C)C)(C(C)C)n1cc(B2OC(C)(C)C(C)(C)O2)cc1Br. The summed E-state index contributed by atoms with van der Waals surface area (Å²) in [5, 5.41) is 0. The van der Waals surface area contributed by atoms with Crippen molar-refractivity contribution in [1.82, 2.24) is 4.23 Å². The predicted octanol–water partition coefficient (Wildman–Crippen LogP) is 5.57. The molecular formula is C19H35BBrNO2Si. The highest BCUT2D eigenvalue weighted by Crippen LogP contribution is 2.44. The molecule has 2 rings (SSSR count). The molecule has 1 aliphatic rings. The molecule has 0 aliphatic carbocycles. The van der Waals surface area contributed by atoms with Crippen LogP contribution in [-0.4, -0.2) is 30.8 Å². The smallest absolute Gasteiger partial charge is 0.399 e. The number of aromatic nitrogens is 1. The lowest BCUT2D eigenvalue weighted by atomic mass is 9.81. The Morgan fingerprint density at radius 3 is 1.68 bits per heavy atom. The van der Waals surface area contributed by atoms with E-state index in [-0.39, 0.29) is 18.3 Å². The highest BCUT2D eigenvalue weighted by molar-refractivity contribution is 9.10. The summed E-state index contributed by atoms with van der Waals surface area (Å²) in [6.07, 6.45) is 2.29. The minimum Gasteiger partial charge on any atom is -0.399 e. The first-order valence-electron chi connectivity index (χ1n) is 9.51. The van der Waals surface area contributed by atoms with E-state index in [1.807, 2.05) is 0 Å². The van der Waals surface area contributed by atoms with E-state index in [9.17, 15) is 0 Å². The Hall–Kier alpha value is -0.0382. The topological polar surface area (TPSA) is 23.4 Å². The van der Waals surface area contributed by atoms with Gasteiger partial charge in [-0.1, -0.05) is 41.5 Å². The van der Waals surface area contributed by atoms with Gasteiger partial charge in [0.05, 0.1) is 15.8 Å². The van der Waals surface area contributed by atoms with E-state index >= 15 is 0 Å². The van der Waals surface area contributed by atoms with E-state index in [4.69, 9.17) is 9.31 Å². The van der Waals surface area contributed by atoms with Crippen molar-refractivity contribution in [2.75, 3.05) is 0 Å². The Bertz CT molecular complexity index is 587. The third kappa shape index (κ3) is 3.32. The zero-order valence-corrected chi connectivity index (χ0v) is 20.2. The number of hydrogen-bond acceptors (Lipinski definition) is 2. The molecule has 142 valence electrons. The van der Waals surface area contributed by atoms with Crippen molar-refractivity contribution in [2.45, 2.75) is 97.1 Å². The molecule has 1 fully saturated rings. The third-order valence-electron chi connectivity index (χ3n) is 6.51. The molecule has 0 bridgehead atoms. The summed E-state index contributed by atoms with van der Waals surface area (Å²) < 4.78 is 16.2. The lowest BCUT2D eigenvalue weighted by Gasteiger charge is -2.44. The Morgan fingerprint density at radius 1 is 0.920 bits per heavy atom. The van der Waals surface area contributed by atoms with Gasteiger partial charge >= 0.3 is 7.12 Å². The third-order valence-corrected chi connectivity index (χ3v) is 14.2. The van der Waals surface area contributed by atoms with Gasteiger partial charge in [0.25, 0.3) is 0 Å². The van der Waals surface area contributed by atoms with Crippen LogP contribution in [0.4, 0.5) is 0 Å². The van der Waals surface area contributed by atoms with Gasteiger partial charge in [-0.25, -0.2) is 0 Å². The quantitative estimate of drug-likeness (QED) is 0.573. The van der Waals surface area contributed by atoms with Crippen LogP contribution in [0.25, 0.3) is 0 Å². The summed E-state index contributed by atoms with van der Waals surface area (Å²) in [7, 11) is -2.10. The molecule has 0 saturated carbocycles. The van der Waals surface area contributed by atoms with E-state index in [0.717, 1.165) is 10.1 Å². The number of rotatable bonds is 5. The molecule has 0 N–H and O–H groups in total. The average Bonchev–Trinajstić information content (AvgIpc) is 2.88. The average molecular weight is 428 g/mol. The maximum Gasteiger partial charge on any atom is 0.496 e. The molecule has 1 aliphatic heterocycles. The van der Waals surface area contributed by atoms with Crippen LogP contribution >= 0.6 is 15.9 Å². The lowest BCUT2D eigenvalue weighted by molar-refractivity contribution is 0.00578. The van der Waals surface area contributed by atoms with Crippen molar-refractivity contribution in [3.63, 3.8) is 0 Å². The maximum absolute atomic E-state index is 6.27. The Morgan fingerprint density at radius 2 is 1.32 bits per heavy atom. The molecule has 2 heterocycles. The highest BCUT2D eigenvalue weighted by Gasteiger charge is 2.53. The minimum atomic E-state index is -1.79. The zero-order chi connectivity index (χ0) is 19.4. The second-order valence-electron chi connectivity index (χ2n) is 9.41. The lowest BCUT2D eigenvalue weighted by Crippen LogP contribution is -2.52. The van der Waals surface area contributed by atoms with Gasteiger partial charge in [0.1, 0.15) is 0 Å². The van der Waals surface area contributed by atoms with Crippen molar-refractivity contribution in [1.29, 1.82) is 0 Å². The summed E-state index contributed by atoms with van der Waals surface area (Å²) in [5.41, 5.74) is 2.42. The van der Waals surface area contributed by atoms with Crippen LogP contribution in [0.5, 0.6) is 0 Å². The van der Waals surface area contributed by atoms with E-state index in [2.05, 4.69) is 102 Å². The molecule has 0 aromatic carbocycles. The van der Waals surface area contributed by atoms with Crippen molar-refractivity contribution in [2.24, 2.45) is 0 Å². The van der Waals surface area contributed by atoms with Gasteiger partial charge in [-0.15, -0.1) is 0 Å². The molecule has 0 spiro atoms. The summed E-state index contributed by atoms with van der Waals surface area (Å²) in [6, 6.07) is 2.19. The molecule has 25 heavy (non-hydrogen) atoms. The molecule has 1 aromatic heterocycles. The van der Waals surface area contributed by atoms with E-state index in [1.54, 1.807) is 0 Å². The minimum absolute atomic E-state index is 0.305. The first-order valence-corrected chi connectivity index (χ1v) is 12.5. The molecule has 1 aromatic rings. The van der Waals surface area contributed by atoms with Gasteiger partial charge < -0.3 is 13.5 Å². The first-order chi connectivity index (χ1) is 11.3. The van der Waals surface area contributed by atoms with E-state index in [1.165, 1.54) is 0 Å². The fraction of sp³-hybridized carbons (Fsp3) is 0.789.